The second-order valence-electron chi connectivity index (χ2n) is 7.35. The summed E-state index contributed by atoms with van der Waals surface area (Å²) in [6.07, 6.45) is -0.131. The Bertz CT molecular complexity index is 941. The number of ether oxygens (including phenoxy) is 1. The smallest absolute Gasteiger partial charge is 0.419 e. The molecule has 0 aromatic heterocycles. The standard InChI is InChI=1S/C22H22F4N2O3/c23-17-11-10-15(12-18(17)28-21(30)14-6-2-1-3-7-14)27-20(29)13-31-19-9-5-4-8-16(19)22(24,25)26/h4-5,8-12,14H,1-3,6-7,13H2,(H,27,29)(H,28,30). The van der Waals surface area contributed by atoms with E-state index in [-0.39, 0.29) is 23.2 Å². The quantitative estimate of drug-likeness (QED) is 0.595. The van der Waals surface area contributed by atoms with Gasteiger partial charge in [0.1, 0.15) is 11.6 Å². The molecule has 0 saturated heterocycles. The van der Waals surface area contributed by atoms with Crippen LogP contribution in [-0.2, 0) is 15.8 Å². The van der Waals surface area contributed by atoms with Crippen molar-refractivity contribution in [2.24, 2.45) is 5.92 Å². The third kappa shape index (κ3) is 6.19. The predicted molar refractivity (Wildman–Crippen MR) is 107 cm³/mol. The van der Waals surface area contributed by atoms with Gasteiger partial charge < -0.3 is 15.4 Å². The molecule has 3 rings (SSSR count). The maximum Gasteiger partial charge on any atom is 0.419 e. The first-order valence-electron chi connectivity index (χ1n) is 9.93. The number of nitrogens with one attached hydrogen (secondary N) is 2. The fourth-order valence-electron chi connectivity index (χ4n) is 3.47. The van der Waals surface area contributed by atoms with Gasteiger partial charge in [0.15, 0.2) is 6.61 Å². The molecule has 9 heteroatoms. The van der Waals surface area contributed by atoms with Crippen molar-refractivity contribution >= 4 is 23.2 Å². The van der Waals surface area contributed by atoms with Crippen LogP contribution in [0, 0.1) is 11.7 Å². The summed E-state index contributed by atoms with van der Waals surface area (Å²) in [5.74, 6) is -2.29. The van der Waals surface area contributed by atoms with Crippen LogP contribution in [0.2, 0.25) is 0 Å². The molecule has 1 aliphatic rings. The lowest BCUT2D eigenvalue weighted by atomic mass is 9.88. The normalized spacial score (nSPS) is 14.7. The fraction of sp³-hybridized carbons (Fsp3) is 0.364. The van der Waals surface area contributed by atoms with Crippen LogP contribution in [0.5, 0.6) is 5.75 Å². The van der Waals surface area contributed by atoms with Gasteiger partial charge in [0.05, 0.1) is 11.3 Å². The van der Waals surface area contributed by atoms with Crippen LogP contribution in [0.1, 0.15) is 37.7 Å². The van der Waals surface area contributed by atoms with E-state index in [1.165, 1.54) is 24.3 Å². The maximum atomic E-state index is 14.1. The van der Waals surface area contributed by atoms with Gasteiger partial charge in [-0.05, 0) is 43.2 Å². The zero-order valence-electron chi connectivity index (χ0n) is 16.6. The van der Waals surface area contributed by atoms with Gasteiger partial charge in [-0.3, -0.25) is 9.59 Å². The number of carbonyl (C=O) groups excluding carboxylic acids is 2. The minimum Gasteiger partial charge on any atom is -0.483 e. The van der Waals surface area contributed by atoms with Crippen LogP contribution in [0.4, 0.5) is 28.9 Å². The van der Waals surface area contributed by atoms with Gasteiger partial charge in [0.2, 0.25) is 5.91 Å². The van der Waals surface area contributed by atoms with Crippen molar-refractivity contribution in [2.75, 3.05) is 17.2 Å². The molecule has 2 aromatic rings. The van der Waals surface area contributed by atoms with Crippen LogP contribution in [0.25, 0.3) is 0 Å². The summed E-state index contributed by atoms with van der Waals surface area (Å²) in [6, 6.07) is 8.19. The molecule has 1 saturated carbocycles. The van der Waals surface area contributed by atoms with Crippen LogP contribution in [-0.4, -0.2) is 18.4 Å². The number of alkyl halides is 3. The van der Waals surface area contributed by atoms with Crippen LogP contribution < -0.4 is 15.4 Å². The lowest BCUT2D eigenvalue weighted by molar-refractivity contribution is -0.139. The van der Waals surface area contributed by atoms with Crippen molar-refractivity contribution in [3.05, 3.63) is 53.8 Å². The van der Waals surface area contributed by atoms with Crippen molar-refractivity contribution in [3.8, 4) is 5.75 Å². The van der Waals surface area contributed by atoms with Crippen LogP contribution in [0.3, 0.4) is 0 Å². The predicted octanol–water partition coefficient (Wildman–Crippen LogP) is 5.38. The third-order valence-electron chi connectivity index (χ3n) is 5.04. The van der Waals surface area contributed by atoms with E-state index in [1.807, 2.05) is 0 Å². The Morgan fingerprint density at radius 1 is 1.00 bits per heavy atom. The Hall–Kier alpha value is -3.10. The Kier molecular flexibility index (Phi) is 7.14. The Balaban J connectivity index is 1.61. The summed E-state index contributed by atoms with van der Waals surface area (Å²) in [5.41, 5.74) is -0.882. The highest BCUT2D eigenvalue weighted by atomic mass is 19.4. The van der Waals surface area contributed by atoms with Crippen molar-refractivity contribution in [1.82, 2.24) is 0 Å². The summed E-state index contributed by atoms with van der Waals surface area (Å²) < 4.78 is 58.1. The van der Waals surface area contributed by atoms with Gasteiger partial charge in [0, 0.05) is 11.6 Å². The third-order valence-corrected chi connectivity index (χ3v) is 5.04. The molecule has 1 aliphatic carbocycles. The molecule has 166 valence electrons. The van der Waals surface area contributed by atoms with E-state index in [2.05, 4.69) is 10.6 Å². The van der Waals surface area contributed by atoms with E-state index < -0.39 is 35.8 Å². The van der Waals surface area contributed by atoms with E-state index in [9.17, 15) is 27.2 Å². The lowest BCUT2D eigenvalue weighted by Crippen LogP contribution is -2.25. The SMILES string of the molecule is O=C(COc1ccccc1C(F)(F)F)Nc1ccc(F)c(NC(=O)C2CCCCC2)c1. The summed E-state index contributed by atoms with van der Waals surface area (Å²) in [7, 11) is 0. The summed E-state index contributed by atoms with van der Waals surface area (Å²) in [6.45, 7) is -0.672. The first-order valence-corrected chi connectivity index (χ1v) is 9.93. The van der Waals surface area contributed by atoms with E-state index in [4.69, 9.17) is 4.74 Å². The molecular weight excluding hydrogens is 416 g/mol. The highest BCUT2D eigenvalue weighted by Gasteiger charge is 2.34. The van der Waals surface area contributed by atoms with Crippen LogP contribution >= 0.6 is 0 Å². The number of hydrogen-bond donors (Lipinski definition) is 2. The number of para-hydroxylation sites is 1. The Labute approximate surface area is 176 Å². The molecule has 0 heterocycles. The number of rotatable bonds is 6. The number of benzene rings is 2. The van der Waals surface area contributed by atoms with Crippen molar-refractivity contribution in [2.45, 2.75) is 38.3 Å². The minimum absolute atomic E-state index is 0.0725. The summed E-state index contributed by atoms with van der Waals surface area (Å²) >= 11 is 0. The maximum absolute atomic E-state index is 14.1. The molecule has 0 atom stereocenters. The molecule has 0 spiro atoms. The molecule has 1 fully saturated rings. The fourth-order valence-corrected chi connectivity index (χ4v) is 3.47. The Morgan fingerprint density at radius 2 is 1.71 bits per heavy atom. The number of halogens is 4. The number of carbonyl (C=O) groups is 2. The van der Waals surface area contributed by atoms with Crippen molar-refractivity contribution in [1.29, 1.82) is 0 Å². The summed E-state index contributed by atoms with van der Waals surface area (Å²) in [5, 5.41) is 4.98. The zero-order chi connectivity index (χ0) is 22.4. The monoisotopic (exact) mass is 438 g/mol. The first-order chi connectivity index (χ1) is 14.7. The van der Waals surface area contributed by atoms with Crippen molar-refractivity contribution in [3.63, 3.8) is 0 Å². The molecule has 0 aliphatic heterocycles. The highest BCUT2D eigenvalue weighted by Crippen LogP contribution is 2.35. The molecule has 31 heavy (non-hydrogen) atoms. The molecule has 0 unspecified atom stereocenters. The van der Waals surface area contributed by atoms with E-state index in [0.29, 0.717) is 0 Å². The molecule has 2 aromatic carbocycles. The largest absolute Gasteiger partial charge is 0.483 e. The lowest BCUT2D eigenvalue weighted by Gasteiger charge is -2.21. The van der Waals surface area contributed by atoms with E-state index >= 15 is 0 Å². The van der Waals surface area contributed by atoms with Gasteiger partial charge in [-0.15, -0.1) is 0 Å². The van der Waals surface area contributed by atoms with Gasteiger partial charge in [-0.2, -0.15) is 13.2 Å². The number of amides is 2. The number of hydrogen-bond acceptors (Lipinski definition) is 3. The molecule has 2 amide bonds. The Morgan fingerprint density at radius 3 is 2.42 bits per heavy atom. The molecule has 5 nitrogen and oxygen atoms in total. The van der Waals surface area contributed by atoms with E-state index in [0.717, 1.165) is 50.3 Å². The van der Waals surface area contributed by atoms with Gasteiger partial charge in [-0.25, -0.2) is 4.39 Å². The second-order valence-corrected chi connectivity index (χ2v) is 7.35. The van der Waals surface area contributed by atoms with Gasteiger partial charge >= 0.3 is 6.18 Å². The second kappa shape index (κ2) is 9.80. The topological polar surface area (TPSA) is 67.4 Å². The van der Waals surface area contributed by atoms with Gasteiger partial charge in [0.25, 0.3) is 5.91 Å². The zero-order valence-corrected chi connectivity index (χ0v) is 16.6. The van der Waals surface area contributed by atoms with Crippen molar-refractivity contribution < 1.29 is 31.9 Å². The average molecular weight is 438 g/mol. The molecule has 2 N–H and O–H groups in total. The van der Waals surface area contributed by atoms with Gasteiger partial charge in [-0.1, -0.05) is 31.4 Å². The minimum atomic E-state index is -4.62. The first kappa shape index (κ1) is 22.6. The summed E-state index contributed by atoms with van der Waals surface area (Å²) in [4.78, 5) is 24.5. The van der Waals surface area contributed by atoms with Crippen LogP contribution in [0.15, 0.2) is 42.5 Å². The highest BCUT2D eigenvalue weighted by molar-refractivity contribution is 5.95. The van der Waals surface area contributed by atoms with E-state index in [1.54, 1.807) is 0 Å². The number of anilines is 2. The molecule has 0 bridgehead atoms. The molecule has 0 radical (unpaired) electrons. The molecular formula is C22H22F4N2O3. The average Bonchev–Trinajstić information content (AvgIpc) is 2.75.